The average Bonchev–Trinajstić information content (AvgIpc) is 2.15. The normalized spacial score (nSPS) is 10.4. The van der Waals surface area contributed by atoms with Gasteiger partial charge in [0, 0.05) is 5.56 Å². The van der Waals surface area contributed by atoms with E-state index in [4.69, 9.17) is 11.6 Å². The second-order valence-corrected chi connectivity index (χ2v) is 4.69. The first kappa shape index (κ1) is 16.3. The fraction of sp³-hybridized carbons (Fsp3) is 0.538. The standard InChI is InChI=1S/C13H19ClO.Na/c1-6-10-8(4)11(7(2)3)13(15)12(14)9(10)5;/h7,15H,6H2,1-5H3;/q;+1. The van der Waals surface area contributed by atoms with Gasteiger partial charge in [0.1, 0.15) is 5.75 Å². The summed E-state index contributed by atoms with van der Waals surface area (Å²) in [4.78, 5) is 0. The van der Waals surface area contributed by atoms with Crippen LogP contribution in [0.3, 0.4) is 0 Å². The molecule has 1 rings (SSSR count). The van der Waals surface area contributed by atoms with Crippen molar-refractivity contribution < 1.29 is 34.7 Å². The van der Waals surface area contributed by atoms with Crippen molar-refractivity contribution in [3.8, 4) is 5.75 Å². The number of phenolic OH excluding ortho intramolecular Hbond substituents is 1. The Balaban J connectivity index is 0.00000225. The number of hydrogen-bond acceptors (Lipinski definition) is 1. The van der Waals surface area contributed by atoms with E-state index < -0.39 is 0 Å². The largest absolute Gasteiger partial charge is 1.00 e. The molecule has 3 heteroatoms. The molecule has 0 aliphatic rings. The molecule has 0 aliphatic heterocycles. The molecule has 1 aromatic carbocycles. The summed E-state index contributed by atoms with van der Waals surface area (Å²) in [6.07, 6.45) is 0.956. The van der Waals surface area contributed by atoms with Crippen LogP contribution >= 0.6 is 11.6 Å². The van der Waals surface area contributed by atoms with Crippen LogP contribution in [0.4, 0.5) is 0 Å². The summed E-state index contributed by atoms with van der Waals surface area (Å²) in [7, 11) is 0. The number of phenols is 1. The zero-order valence-corrected chi connectivity index (χ0v) is 13.9. The van der Waals surface area contributed by atoms with Crippen LogP contribution in [0, 0.1) is 13.8 Å². The molecule has 0 fully saturated rings. The molecule has 0 amide bonds. The van der Waals surface area contributed by atoms with Crippen LogP contribution in [0.5, 0.6) is 5.75 Å². The molecule has 0 aliphatic carbocycles. The van der Waals surface area contributed by atoms with E-state index in [1.165, 1.54) is 11.1 Å². The summed E-state index contributed by atoms with van der Waals surface area (Å²) < 4.78 is 0. The summed E-state index contributed by atoms with van der Waals surface area (Å²) in [5.41, 5.74) is 4.45. The van der Waals surface area contributed by atoms with E-state index in [2.05, 4.69) is 27.7 Å². The Morgan fingerprint density at radius 1 is 1.19 bits per heavy atom. The quantitative estimate of drug-likeness (QED) is 0.785. The summed E-state index contributed by atoms with van der Waals surface area (Å²) in [5, 5.41) is 10.5. The fourth-order valence-electron chi connectivity index (χ4n) is 2.29. The average molecular weight is 250 g/mol. The molecule has 1 nitrogen and oxygen atoms in total. The van der Waals surface area contributed by atoms with E-state index in [0.29, 0.717) is 10.9 Å². The van der Waals surface area contributed by atoms with Crippen LogP contribution in [-0.4, -0.2) is 5.11 Å². The second-order valence-electron chi connectivity index (χ2n) is 4.31. The molecule has 0 heterocycles. The summed E-state index contributed by atoms with van der Waals surface area (Å²) >= 11 is 6.13. The molecule has 1 N–H and O–H groups in total. The van der Waals surface area contributed by atoms with Gasteiger partial charge in [-0.2, -0.15) is 0 Å². The van der Waals surface area contributed by atoms with Gasteiger partial charge in [0.05, 0.1) is 5.02 Å². The number of halogens is 1. The van der Waals surface area contributed by atoms with Gasteiger partial charge in [-0.1, -0.05) is 32.4 Å². The topological polar surface area (TPSA) is 20.2 Å². The van der Waals surface area contributed by atoms with Gasteiger partial charge < -0.3 is 5.11 Å². The Hall–Kier alpha value is 0.310. The third-order valence-corrected chi connectivity index (χ3v) is 3.49. The van der Waals surface area contributed by atoms with E-state index in [1.54, 1.807) is 0 Å². The second kappa shape index (κ2) is 6.30. The Bertz CT molecular complexity index is 386. The maximum absolute atomic E-state index is 10.0. The van der Waals surface area contributed by atoms with Crippen molar-refractivity contribution in [3.63, 3.8) is 0 Å². The number of aromatic hydroxyl groups is 1. The third-order valence-electron chi connectivity index (χ3n) is 3.03. The van der Waals surface area contributed by atoms with E-state index in [-0.39, 0.29) is 35.3 Å². The van der Waals surface area contributed by atoms with Crippen molar-refractivity contribution in [2.24, 2.45) is 0 Å². The molecule has 84 valence electrons. The first-order valence-electron chi connectivity index (χ1n) is 5.42. The van der Waals surface area contributed by atoms with Crippen LogP contribution in [0.15, 0.2) is 0 Å². The van der Waals surface area contributed by atoms with Crippen molar-refractivity contribution in [2.75, 3.05) is 0 Å². The number of hydrogen-bond donors (Lipinski definition) is 1. The van der Waals surface area contributed by atoms with Crippen molar-refractivity contribution in [1.29, 1.82) is 0 Å². The van der Waals surface area contributed by atoms with Crippen LogP contribution < -0.4 is 29.6 Å². The van der Waals surface area contributed by atoms with E-state index in [1.807, 2.05) is 6.92 Å². The van der Waals surface area contributed by atoms with Gasteiger partial charge in [0.25, 0.3) is 0 Å². The summed E-state index contributed by atoms with van der Waals surface area (Å²) in [5.74, 6) is 0.562. The Kier molecular flexibility index (Phi) is 6.42. The van der Waals surface area contributed by atoms with Crippen LogP contribution in [0.1, 0.15) is 48.9 Å². The van der Waals surface area contributed by atoms with Crippen LogP contribution in [-0.2, 0) is 6.42 Å². The van der Waals surface area contributed by atoms with Crippen molar-refractivity contribution in [2.45, 2.75) is 47.0 Å². The predicted octanol–water partition coefficient (Wildman–Crippen LogP) is 1.35. The molecule has 0 aromatic heterocycles. The molecule has 0 radical (unpaired) electrons. The van der Waals surface area contributed by atoms with Crippen molar-refractivity contribution in [1.82, 2.24) is 0 Å². The zero-order chi connectivity index (χ0) is 11.7. The Morgan fingerprint density at radius 2 is 1.69 bits per heavy atom. The van der Waals surface area contributed by atoms with Gasteiger partial charge in [-0.3, -0.25) is 0 Å². The van der Waals surface area contributed by atoms with E-state index in [0.717, 1.165) is 17.5 Å². The van der Waals surface area contributed by atoms with Crippen LogP contribution in [0.2, 0.25) is 5.02 Å². The Labute approximate surface area is 125 Å². The molecule has 0 saturated carbocycles. The smallest absolute Gasteiger partial charge is 0.506 e. The predicted molar refractivity (Wildman–Crippen MR) is 66.1 cm³/mol. The van der Waals surface area contributed by atoms with Gasteiger partial charge in [-0.25, -0.2) is 0 Å². The minimum atomic E-state index is 0. The molecule has 16 heavy (non-hydrogen) atoms. The molecule has 0 unspecified atom stereocenters. The molecular formula is C13H19ClNaO+. The number of benzene rings is 1. The molecule has 0 atom stereocenters. The molecule has 0 saturated heterocycles. The fourth-order valence-corrected chi connectivity index (χ4v) is 2.50. The molecule has 0 bridgehead atoms. The van der Waals surface area contributed by atoms with Crippen LogP contribution in [0.25, 0.3) is 0 Å². The van der Waals surface area contributed by atoms with Gasteiger partial charge >= 0.3 is 29.6 Å². The van der Waals surface area contributed by atoms with Gasteiger partial charge in [0.2, 0.25) is 0 Å². The minimum Gasteiger partial charge on any atom is -0.506 e. The van der Waals surface area contributed by atoms with Crippen molar-refractivity contribution >= 4 is 11.6 Å². The first-order chi connectivity index (χ1) is 6.91. The van der Waals surface area contributed by atoms with E-state index >= 15 is 0 Å². The molecular weight excluding hydrogens is 231 g/mol. The van der Waals surface area contributed by atoms with Gasteiger partial charge in [-0.15, -0.1) is 0 Å². The monoisotopic (exact) mass is 249 g/mol. The zero-order valence-electron chi connectivity index (χ0n) is 11.1. The summed E-state index contributed by atoms with van der Waals surface area (Å²) in [6.45, 7) is 10.3. The minimum absolute atomic E-state index is 0. The Morgan fingerprint density at radius 3 is 2.06 bits per heavy atom. The molecule has 1 aromatic rings. The van der Waals surface area contributed by atoms with E-state index in [9.17, 15) is 5.11 Å². The van der Waals surface area contributed by atoms with Crippen molar-refractivity contribution in [3.05, 3.63) is 27.3 Å². The first-order valence-corrected chi connectivity index (χ1v) is 5.79. The maximum atomic E-state index is 10.0. The summed E-state index contributed by atoms with van der Waals surface area (Å²) in [6, 6.07) is 0. The number of rotatable bonds is 2. The maximum Gasteiger partial charge on any atom is 1.00 e. The SMILES string of the molecule is CCc1c(C)c(Cl)c(O)c(C(C)C)c1C.[Na+]. The van der Waals surface area contributed by atoms with Gasteiger partial charge in [0.15, 0.2) is 0 Å². The molecule has 0 spiro atoms. The van der Waals surface area contributed by atoms with Gasteiger partial charge in [-0.05, 0) is 42.9 Å². The third kappa shape index (κ3) is 2.76.